The molecule has 0 atom stereocenters. The zero-order valence-electron chi connectivity index (χ0n) is 9.88. The van der Waals surface area contributed by atoms with Crippen molar-refractivity contribution < 1.29 is 9.18 Å². The molecule has 0 unspecified atom stereocenters. The smallest absolute Gasteiger partial charge is 0.211 e. The van der Waals surface area contributed by atoms with Gasteiger partial charge < -0.3 is 0 Å². The summed E-state index contributed by atoms with van der Waals surface area (Å²) in [4.78, 5) is 20.2. The van der Waals surface area contributed by atoms with Crippen molar-refractivity contribution >= 4 is 16.6 Å². The van der Waals surface area contributed by atoms with Crippen molar-refractivity contribution in [1.29, 1.82) is 0 Å². The van der Waals surface area contributed by atoms with Crippen molar-refractivity contribution in [2.45, 2.75) is 0 Å². The number of fused-ring (bicyclic) bond motifs is 1. The SMILES string of the molecule is O=C(c1ccc(F)cn1)c1cccc2cnccc12. The van der Waals surface area contributed by atoms with Gasteiger partial charge in [-0.1, -0.05) is 18.2 Å². The van der Waals surface area contributed by atoms with E-state index in [4.69, 9.17) is 0 Å². The maximum Gasteiger partial charge on any atom is 0.211 e. The second-order valence-corrected chi connectivity index (χ2v) is 4.09. The van der Waals surface area contributed by atoms with Crippen LogP contribution in [0.4, 0.5) is 4.39 Å². The van der Waals surface area contributed by atoms with E-state index in [0.29, 0.717) is 5.56 Å². The zero-order valence-corrected chi connectivity index (χ0v) is 9.88. The predicted molar refractivity (Wildman–Crippen MR) is 69.4 cm³/mol. The van der Waals surface area contributed by atoms with Gasteiger partial charge in [-0.25, -0.2) is 9.37 Å². The van der Waals surface area contributed by atoms with Gasteiger partial charge in [0, 0.05) is 23.3 Å². The highest BCUT2D eigenvalue weighted by Gasteiger charge is 2.13. The first-order chi connectivity index (χ1) is 9.25. The molecular formula is C15H9FN2O. The summed E-state index contributed by atoms with van der Waals surface area (Å²) in [5.41, 5.74) is 0.768. The molecule has 19 heavy (non-hydrogen) atoms. The molecule has 1 aromatic carbocycles. The standard InChI is InChI=1S/C15H9FN2O/c16-11-4-5-14(18-9-11)15(19)13-3-1-2-10-8-17-7-6-12(10)13/h1-9H. The molecule has 0 bridgehead atoms. The topological polar surface area (TPSA) is 42.9 Å². The fraction of sp³-hybridized carbons (Fsp3) is 0. The molecule has 4 heteroatoms. The van der Waals surface area contributed by atoms with Gasteiger partial charge in [0.15, 0.2) is 0 Å². The molecule has 0 amide bonds. The third-order valence-electron chi connectivity index (χ3n) is 2.89. The molecule has 0 fully saturated rings. The Hall–Kier alpha value is -2.62. The number of rotatable bonds is 2. The average Bonchev–Trinajstić information content (AvgIpc) is 2.47. The maximum atomic E-state index is 12.8. The number of hydrogen-bond donors (Lipinski definition) is 0. The lowest BCUT2D eigenvalue weighted by molar-refractivity contribution is 0.103. The molecule has 0 saturated heterocycles. The average molecular weight is 252 g/mol. The predicted octanol–water partition coefficient (Wildman–Crippen LogP) is 3.00. The maximum absolute atomic E-state index is 12.8. The van der Waals surface area contributed by atoms with Crippen LogP contribution in [0.1, 0.15) is 16.1 Å². The fourth-order valence-electron chi connectivity index (χ4n) is 1.97. The van der Waals surface area contributed by atoms with E-state index in [1.165, 1.54) is 12.1 Å². The van der Waals surface area contributed by atoms with E-state index in [9.17, 15) is 9.18 Å². The highest BCUT2D eigenvalue weighted by atomic mass is 19.1. The van der Waals surface area contributed by atoms with Crippen LogP contribution < -0.4 is 0 Å². The Morgan fingerprint density at radius 1 is 1.05 bits per heavy atom. The van der Waals surface area contributed by atoms with Crippen molar-refractivity contribution in [2.24, 2.45) is 0 Å². The van der Waals surface area contributed by atoms with Gasteiger partial charge in [0.1, 0.15) is 11.5 Å². The van der Waals surface area contributed by atoms with Crippen LogP contribution in [-0.4, -0.2) is 15.8 Å². The van der Waals surface area contributed by atoms with Gasteiger partial charge in [-0.05, 0) is 23.6 Å². The molecule has 0 aliphatic rings. The highest BCUT2D eigenvalue weighted by molar-refractivity contribution is 6.15. The Balaban J connectivity index is 2.14. The van der Waals surface area contributed by atoms with E-state index in [1.807, 2.05) is 6.07 Å². The summed E-state index contributed by atoms with van der Waals surface area (Å²) in [7, 11) is 0. The zero-order chi connectivity index (χ0) is 13.2. The molecule has 3 nitrogen and oxygen atoms in total. The first-order valence-corrected chi connectivity index (χ1v) is 5.75. The third kappa shape index (κ3) is 2.08. The lowest BCUT2D eigenvalue weighted by Crippen LogP contribution is -2.04. The van der Waals surface area contributed by atoms with Gasteiger partial charge in [0.25, 0.3) is 0 Å². The molecule has 0 saturated carbocycles. The van der Waals surface area contributed by atoms with E-state index < -0.39 is 5.82 Å². The van der Waals surface area contributed by atoms with E-state index in [1.54, 1.807) is 30.6 Å². The van der Waals surface area contributed by atoms with Crippen molar-refractivity contribution in [3.05, 3.63) is 72.1 Å². The molecule has 92 valence electrons. The first-order valence-electron chi connectivity index (χ1n) is 5.75. The van der Waals surface area contributed by atoms with Gasteiger partial charge in [0.2, 0.25) is 5.78 Å². The largest absolute Gasteiger partial charge is 0.287 e. The van der Waals surface area contributed by atoms with Crippen LogP contribution in [0.2, 0.25) is 0 Å². The van der Waals surface area contributed by atoms with Crippen LogP contribution in [0.25, 0.3) is 10.8 Å². The van der Waals surface area contributed by atoms with Gasteiger partial charge in [0.05, 0.1) is 6.20 Å². The molecule has 2 aromatic heterocycles. The van der Waals surface area contributed by atoms with Crippen LogP contribution in [-0.2, 0) is 0 Å². The number of carbonyl (C=O) groups excluding carboxylic acids is 1. The summed E-state index contributed by atoms with van der Waals surface area (Å²) in [6.45, 7) is 0. The van der Waals surface area contributed by atoms with E-state index in [-0.39, 0.29) is 11.5 Å². The van der Waals surface area contributed by atoms with Gasteiger partial charge in [-0.15, -0.1) is 0 Å². The Morgan fingerprint density at radius 2 is 1.95 bits per heavy atom. The number of hydrogen-bond acceptors (Lipinski definition) is 3. The molecule has 2 heterocycles. The van der Waals surface area contributed by atoms with Gasteiger partial charge in [-0.3, -0.25) is 9.78 Å². The van der Waals surface area contributed by atoms with Gasteiger partial charge in [-0.2, -0.15) is 0 Å². The minimum Gasteiger partial charge on any atom is -0.287 e. The summed E-state index contributed by atoms with van der Waals surface area (Å²) >= 11 is 0. The summed E-state index contributed by atoms with van der Waals surface area (Å²) in [5, 5.41) is 1.70. The quantitative estimate of drug-likeness (QED) is 0.658. The number of nitrogens with zero attached hydrogens (tertiary/aromatic N) is 2. The lowest BCUT2D eigenvalue weighted by atomic mass is 10.0. The van der Waals surface area contributed by atoms with Crippen molar-refractivity contribution in [3.8, 4) is 0 Å². The normalized spacial score (nSPS) is 10.6. The third-order valence-corrected chi connectivity index (χ3v) is 2.89. The molecule has 0 aliphatic carbocycles. The summed E-state index contributed by atoms with van der Waals surface area (Å²) in [5.74, 6) is -0.685. The summed E-state index contributed by atoms with van der Waals surface area (Å²) < 4.78 is 12.8. The minimum atomic E-state index is -0.460. The molecule has 0 N–H and O–H groups in total. The van der Waals surface area contributed by atoms with Crippen molar-refractivity contribution in [2.75, 3.05) is 0 Å². The number of pyridine rings is 2. The number of aromatic nitrogens is 2. The molecular weight excluding hydrogens is 243 g/mol. The number of ketones is 1. The van der Waals surface area contributed by atoms with Crippen LogP contribution in [0.5, 0.6) is 0 Å². The van der Waals surface area contributed by atoms with Gasteiger partial charge >= 0.3 is 0 Å². The van der Waals surface area contributed by atoms with Crippen LogP contribution in [0, 0.1) is 5.82 Å². The Morgan fingerprint density at radius 3 is 2.74 bits per heavy atom. The molecule has 3 rings (SSSR count). The fourth-order valence-corrected chi connectivity index (χ4v) is 1.97. The molecule has 0 radical (unpaired) electrons. The van der Waals surface area contributed by atoms with Crippen molar-refractivity contribution in [3.63, 3.8) is 0 Å². The molecule has 0 spiro atoms. The molecule has 3 aromatic rings. The number of halogens is 1. The minimum absolute atomic E-state index is 0.225. The summed E-state index contributed by atoms with van der Waals surface area (Å²) in [6, 6.07) is 9.81. The van der Waals surface area contributed by atoms with E-state index in [2.05, 4.69) is 9.97 Å². The number of carbonyl (C=O) groups is 1. The Labute approximate surface area is 108 Å². The Bertz CT molecular complexity index is 748. The highest BCUT2D eigenvalue weighted by Crippen LogP contribution is 2.19. The van der Waals surface area contributed by atoms with Crippen molar-refractivity contribution in [1.82, 2.24) is 9.97 Å². The summed E-state index contributed by atoms with van der Waals surface area (Å²) in [6.07, 6.45) is 4.38. The monoisotopic (exact) mass is 252 g/mol. The first kappa shape index (κ1) is 11.5. The Kier molecular flexibility index (Phi) is 2.76. The van der Waals surface area contributed by atoms with Crippen LogP contribution >= 0.6 is 0 Å². The van der Waals surface area contributed by atoms with E-state index in [0.717, 1.165) is 17.0 Å². The number of benzene rings is 1. The van der Waals surface area contributed by atoms with E-state index >= 15 is 0 Å². The lowest BCUT2D eigenvalue weighted by Gasteiger charge is -2.04. The second-order valence-electron chi connectivity index (χ2n) is 4.09. The van der Waals surface area contributed by atoms with Crippen LogP contribution in [0.3, 0.4) is 0 Å². The van der Waals surface area contributed by atoms with Crippen LogP contribution in [0.15, 0.2) is 55.0 Å². The second kappa shape index (κ2) is 4.57. The molecule has 0 aliphatic heterocycles.